The van der Waals surface area contributed by atoms with Crippen LogP contribution in [0.4, 0.5) is 0 Å². The van der Waals surface area contributed by atoms with E-state index in [0.717, 1.165) is 23.0 Å². The molecule has 5 aromatic rings. The zero-order valence-electron chi connectivity index (χ0n) is 25.4. The Hall–Kier alpha value is -5.17. The summed E-state index contributed by atoms with van der Waals surface area (Å²) >= 11 is 0. The summed E-state index contributed by atoms with van der Waals surface area (Å²) in [5.74, 6) is 1.23. The fraction of sp³-hybridized carbons (Fsp3) is 0.216. The number of hydrogen-bond donors (Lipinski definition) is 1. The summed E-state index contributed by atoms with van der Waals surface area (Å²) in [5, 5.41) is 7.07. The lowest BCUT2D eigenvalue weighted by molar-refractivity contribution is 0.0947. The van der Waals surface area contributed by atoms with Gasteiger partial charge in [0.2, 0.25) is 0 Å². The molecule has 5 rings (SSSR count). The van der Waals surface area contributed by atoms with Gasteiger partial charge in [0.1, 0.15) is 31.0 Å². The van der Waals surface area contributed by atoms with Crippen LogP contribution >= 0.6 is 0 Å². The van der Waals surface area contributed by atoms with Crippen LogP contribution in [0.15, 0.2) is 102 Å². The maximum absolute atomic E-state index is 13.2. The molecule has 0 fully saturated rings. The number of amides is 1. The van der Waals surface area contributed by atoms with Crippen LogP contribution in [0.3, 0.4) is 0 Å². The molecule has 0 bridgehead atoms. The third-order valence-corrected chi connectivity index (χ3v) is 7.19. The molecule has 224 valence electrons. The monoisotopic (exact) mass is 588 g/mol. The number of carbonyl (C=O) groups excluding carboxylic acids is 2. The molecule has 0 atom stereocenters. The lowest BCUT2D eigenvalue weighted by atomic mass is 9.84. The first-order valence-corrected chi connectivity index (χ1v) is 14.6. The minimum absolute atomic E-state index is 0.149. The molecule has 0 spiro atoms. The van der Waals surface area contributed by atoms with Gasteiger partial charge in [-0.05, 0) is 35.1 Å². The number of aldehydes is 1. The zero-order chi connectivity index (χ0) is 31.1. The van der Waals surface area contributed by atoms with E-state index in [1.54, 1.807) is 24.3 Å². The third kappa shape index (κ3) is 6.89. The third-order valence-electron chi connectivity index (χ3n) is 7.19. The van der Waals surface area contributed by atoms with Gasteiger partial charge in [-0.3, -0.25) is 9.59 Å². The maximum Gasteiger partial charge on any atom is 0.274 e. The minimum Gasteiger partial charge on any atom is -0.488 e. The Bertz CT molecular complexity index is 1720. The first-order valence-electron chi connectivity index (χ1n) is 14.6. The van der Waals surface area contributed by atoms with Gasteiger partial charge < -0.3 is 19.3 Å². The molecule has 0 unspecified atom stereocenters. The summed E-state index contributed by atoms with van der Waals surface area (Å²) in [7, 11) is 0. The van der Waals surface area contributed by atoms with Gasteiger partial charge in [0.25, 0.3) is 5.91 Å². The molecule has 1 aromatic heterocycles. The fourth-order valence-electron chi connectivity index (χ4n) is 4.90. The van der Waals surface area contributed by atoms with E-state index in [9.17, 15) is 9.59 Å². The molecule has 0 saturated heterocycles. The van der Waals surface area contributed by atoms with Crippen molar-refractivity contribution < 1.29 is 23.6 Å². The number of aromatic nitrogens is 1. The molecule has 0 aliphatic carbocycles. The number of nitrogens with zero attached hydrogens (tertiary/aromatic N) is 1. The average Bonchev–Trinajstić information content (AvgIpc) is 3.48. The van der Waals surface area contributed by atoms with Gasteiger partial charge in [-0.25, -0.2) is 0 Å². The van der Waals surface area contributed by atoms with Gasteiger partial charge in [0.05, 0.1) is 11.1 Å². The molecule has 0 radical (unpaired) electrons. The van der Waals surface area contributed by atoms with Crippen molar-refractivity contribution in [1.82, 2.24) is 10.5 Å². The molecule has 7 nitrogen and oxygen atoms in total. The van der Waals surface area contributed by atoms with Crippen molar-refractivity contribution in [2.75, 3.05) is 6.54 Å². The lowest BCUT2D eigenvalue weighted by Crippen LogP contribution is -2.23. The highest BCUT2D eigenvalue weighted by molar-refractivity contribution is 6.02. The highest BCUT2D eigenvalue weighted by Gasteiger charge is 2.29. The molecule has 0 aliphatic rings. The number of ether oxygens (including phenoxy) is 2. The van der Waals surface area contributed by atoms with Crippen LogP contribution in [0.2, 0.25) is 0 Å². The molecule has 1 amide bonds. The van der Waals surface area contributed by atoms with Gasteiger partial charge >= 0.3 is 0 Å². The molecule has 1 N–H and O–H groups in total. The van der Waals surface area contributed by atoms with E-state index in [1.165, 1.54) is 0 Å². The van der Waals surface area contributed by atoms with Gasteiger partial charge in [-0.1, -0.05) is 111 Å². The first-order chi connectivity index (χ1) is 21.3. The second-order valence-electron chi connectivity index (χ2n) is 11.5. The van der Waals surface area contributed by atoms with E-state index in [2.05, 4.69) is 31.2 Å². The number of hydrogen-bond acceptors (Lipinski definition) is 6. The second kappa shape index (κ2) is 13.4. The molecule has 7 heteroatoms. The van der Waals surface area contributed by atoms with Crippen LogP contribution in [0.5, 0.6) is 11.5 Å². The number of nitrogens with one attached hydrogen (secondary N) is 1. The van der Waals surface area contributed by atoms with Crippen LogP contribution < -0.4 is 14.8 Å². The van der Waals surface area contributed by atoms with Crippen molar-refractivity contribution in [1.29, 1.82) is 0 Å². The standard InChI is InChI=1S/C37H36N2O5/c1-5-38-36(41)34-33(28-18-16-25(22-40)17-19-28)35(44-39-34)29-20-30(37(2,3)4)32(43-24-27-14-10-7-11-15-27)21-31(29)42-23-26-12-8-6-9-13-26/h6-22H,5,23-24H2,1-4H3,(H,38,41). The van der Waals surface area contributed by atoms with Crippen LogP contribution in [0.25, 0.3) is 22.5 Å². The second-order valence-corrected chi connectivity index (χ2v) is 11.5. The normalized spacial score (nSPS) is 11.2. The van der Waals surface area contributed by atoms with E-state index in [4.69, 9.17) is 14.0 Å². The predicted octanol–water partition coefficient (Wildman–Crippen LogP) is 8.03. The Morgan fingerprint density at radius 1 is 0.841 bits per heavy atom. The SMILES string of the molecule is CCNC(=O)c1noc(-c2cc(C(C)(C)C)c(OCc3ccccc3)cc2OCc2ccccc2)c1-c1ccc(C=O)cc1. The van der Waals surface area contributed by atoms with Crippen LogP contribution in [0, 0.1) is 0 Å². The van der Waals surface area contributed by atoms with Gasteiger partial charge in [-0.2, -0.15) is 0 Å². The van der Waals surface area contributed by atoms with Crippen molar-refractivity contribution >= 4 is 12.2 Å². The molecule has 44 heavy (non-hydrogen) atoms. The van der Waals surface area contributed by atoms with Crippen molar-refractivity contribution in [3.05, 3.63) is 125 Å². The maximum atomic E-state index is 13.2. The quantitative estimate of drug-likeness (QED) is 0.157. The smallest absolute Gasteiger partial charge is 0.274 e. The van der Waals surface area contributed by atoms with Gasteiger partial charge in [0.15, 0.2) is 11.5 Å². The Kier molecular flexibility index (Phi) is 9.24. The van der Waals surface area contributed by atoms with Crippen molar-refractivity contribution in [3.63, 3.8) is 0 Å². The summed E-state index contributed by atoms with van der Waals surface area (Å²) in [6, 6.07) is 30.8. The topological polar surface area (TPSA) is 90.7 Å². The van der Waals surface area contributed by atoms with Gasteiger partial charge in [0, 0.05) is 23.7 Å². The molecule has 1 heterocycles. The number of carbonyl (C=O) groups is 2. The molecule has 0 aliphatic heterocycles. The number of benzene rings is 4. The van der Waals surface area contributed by atoms with Crippen LogP contribution in [0.1, 0.15) is 65.2 Å². The number of rotatable bonds is 11. The molecular formula is C37H36N2O5. The summed E-state index contributed by atoms with van der Waals surface area (Å²) in [6.45, 7) is 9.32. The summed E-state index contributed by atoms with van der Waals surface area (Å²) in [4.78, 5) is 24.5. The van der Waals surface area contributed by atoms with E-state index in [1.807, 2.05) is 79.7 Å². The highest BCUT2D eigenvalue weighted by atomic mass is 16.5. The Morgan fingerprint density at radius 2 is 1.43 bits per heavy atom. The average molecular weight is 589 g/mol. The molecular weight excluding hydrogens is 552 g/mol. The summed E-state index contributed by atoms with van der Waals surface area (Å²) in [6.07, 6.45) is 0.780. The first kappa shape index (κ1) is 30.3. The summed E-state index contributed by atoms with van der Waals surface area (Å²) in [5.41, 5.74) is 5.17. The van der Waals surface area contributed by atoms with Crippen molar-refractivity contribution in [2.45, 2.75) is 46.3 Å². The largest absolute Gasteiger partial charge is 0.488 e. The highest BCUT2D eigenvalue weighted by Crippen LogP contribution is 2.45. The van der Waals surface area contributed by atoms with Crippen LogP contribution in [-0.4, -0.2) is 23.9 Å². The van der Waals surface area contributed by atoms with Crippen LogP contribution in [-0.2, 0) is 18.6 Å². The van der Waals surface area contributed by atoms with E-state index in [-0.39, 0.29) is 17.0 Å². The minimum atomic E-state index is -0.359. The van der Waals surface area contributed by atoms with Gasteiger partial charge in [-0.15, -0.1) is 0 Å². The zero-order valence-corrected chi connectivity index (χ0v) is 25.4. The van der Waals surface area contributed by atoms with E-state index in [0.29, 0.717) is 59.3 Å². The Labute approximate surface area is 257 Å². The lowest BCUT2D eigenvalue weighted by Gasteiger charge is -2.25. The Morgan fingerprint density at radius 3 is 1.98 bits per heavy atom. The fourth-order valence-corrected chi connectivity index (χ4v) is 4.90. The van der Waals surface area contributed by atoms with E-state index < -0.39 is 0 Å². The molecule has 4 aromatic carbocycles. The Balaban J connectivity index is 1.69. The van der Waals surface area contributed by atoms with Crippen molar-refractivity contribution in [2.24, 2.45) is 0 Å². The van der Waals surface area contributed by atoms with Crippen molar-refractivity contribution in [3.8, 4) is 33.9 Å². The van der Waals surface area contributed by atoms with E-state index >= 15 is 0 Å². The summed E-state index contributed by atoms with van der Waals surface area (Å²) < 4.78 is 18.9. The predicted molar refractivity (Wildman–Crippen MR) is 171 cm³/mol. The molecule has 0 saturated carbocycles.